The second-order valence-corrected chi connectivity index (χ2v) is 2.41. The predicted octanol–water partition coefficient (Wildman–Crippen LogP) is 1.81. The van der Waals surface area contributed by atoms with E-state index in [1.807, 2.05) is 0 Å². The van der Waals surface area contributed by atoms with Gasteiger partial charge in [0.15, 0.2) is 5.82 Å². The summed E-state index contributed by atoms with van der Waals surface area (Å²) in [6, 6.07) is 0.921. The van der Waals surface area contributed by atoms with E-state index in [-0.39, 0.29) is 0 Å². The van der Waals surface area contributed by atoms with Gasteiger partial charge in [-0.15, -0.1) is 0 Å². The number of anilines is 1. The number of hydrogen-bond donors (Lipinski definition) is 1. The van der Waals surface area contributed by atoms with Gasteiger partial charge in [0.05, 0.1) is 0 Å². The molecule has 1 rings (SSSR count). The summed E-state index contributed by atoms with van der Waals surface area (Å²) in [5.41, 5.74) is 0. The van der Waals surface area contributed by atoms with Crippen LogP contribution >= 0.6 is 0 Å². The Labute approximate surface area is 79.0 Å². The van der Waals surface area contributed by atoms with E-state index in [1.54, 1.807) is 0 Å². The fourth-order valence-corrected chi connectivity index (χ4v) is 0.601. The third kappa shape index (κ3) is 2.22. The Morgan fingerprint density at radius 3 is 2.33 bits per heavy atom. The van der Waals surface area contributed by atoms with Crippen molar-refractivity contribution in [2.24, 2.45) is 0 Å². The van der Waals surface area contributed by atoms with E-state index < -0.39 is 23.8 Å². The van der Waals surface area contributed by atoms with E-state index in [0.717, 1.165) is 12.3 Å². The van der Waals surface area contributed by atoms with E-state index in [2.05, 4.69) is 9.68 Å². The lowest BCUT2D eigenvalue weighted by atomic mass is 10.3. The lowest BCUT2D eigenvalue weighted by Crippen LogP contribution is -2.47. The fourth-order valence-electron chi connectivity index (χ4n) is 0.601. The summed E-state index contributed by atoms with van der Waals surface area (Å²) in [6.45, 7) is 0. The van der Waals surface area contributed by atoms with Crippen molar-refractivity contribution < 1.29 is 31.3 Å². The van der Waals surface area contributed by atoms with Gasteiger partial charge in [-0.3, -0.25) is 4.79 Å². The molecule has 0 bridgehead atoms. The number of amides is 1. The predicted molar refractivity (Wildman–Crippen MR) is 36.1 cm³/mol. The molecule has 0 aromatic carbocycles. The van der Waals surface area contributed by atoms with Crippen molar-refractivity contribution in [1.82, 2.24) is 5.16 Å². The third-order valence-corrected chi connectivity index (χ3v) is 1.32. The molecule has 0 aliphatic heterocycles. The van der Waals surface area contributed by atoms with E-state index in [1.165, 1.54) is 5.32 Å². The number of hydrogen-bond acceptors (Lipinski definition) is 3. The molecule has 0 fully saturated rings. The monoisotopic (exact) mass is 230 g/mol. The topological polar surface area (TPSA) is 55.1 Å². The van der Waals surface area contributed by atoms with Gasteiger partial charge in [0.1, 0.15) is 6.26 Å². The Morgan fingerprint density at radius 1 is 1.33 bits per heavy atom. The van der Waals surface area contributed by atoms with Crippen LogP contribution in [-0.2, 0) is 4.79 Å². The first-order valence-electron chi connectivity index (χ1n) is 3.41. The minimum absolute atomic E-state index is 0.524. The highest BCUT2D eigenvalue weighted by Crippen LogP contribution is 2.36. The van der Waals surface area contributed by atoms with E-state index >= 15 is 0 Å². The molecule has 9 heteroatoms. The van der Waals surface area contributed by atoms with E-state index in [4.69, 9.17) is 0 Å². The van der Waals surface area contributed by atoms with Crippen LogP contribution in [0.5, 0.6) is 0 Å². The zero-order valence-corrected chi connectivity index (χ0v) is 6.81. The van der Waals surface area contributed by atoms with E-state index in [9.17, 15) is 26.7 Å². The number of rotatable bonds is 2. The van der Waals surface area contributed by atoms with Gasteiger partial charge in [-0.2, -0.15) is 22.0 Å². The summed E-state index contributed by atoms with van der Waals surface area (Å²) < 4.78 is 63.7. The van der Waals surface area contributed by atoms with Crippen LogP contribution in [0.15, 0.2) is 16.9 Å². The summed E-state index contributed by atoms with van der Waals surface area (Å²) in [5, 5.41) is 4.20. The van der Waals surface area contributed by atoms with Crippen molar-refractivity contribution in [1.29, 1.82) is 0 Å². The molecule has 1 aromatic heterocycles. The number of aromatic nitrogens is 1. The Kier molecular flexibility index (Phi) is 2.65. The number of nitrogens with one attached hydrogen (secondary N) is 1. The van der Waals surface area contributed by atoms with Gasteiger partial charge in [0, 0.05) is 6.07 Å². The first-order valence-corrected chi connectivity index (χ1v) is 3.41. The van der Waals surface area contributed by atoms with Gasteiger partial charge >= 0.3 is 18.0 Å². The smallest absolute Gasteiger partial charge is 0.363 e. The summed E-state index contributed by atoms with van der Waals surface area (Å²) in [5.74, 6) is -8.50. The molecule has 0 radical (unpaired) electrons. The third-order valence-electron chi connectivity index (χ3n) is 1.32. The SMILES string of the molecule is O=C(Nc1ccon1)C(F)(F)C(F)(F)F. The summed E-state index contributed by atoms with van der Waals surface area (Å²) >= 11 is 0. The summed E-state index contributed by atoms with van der Waals surface area (Å²) in [4.78, 5) is 10.5. The number of carbonyl (C=O) groups is 1. The average Bonchev–Trinajstić information content (AvgIpc) is 2.54. The maximum absolute atomic E-state index is 12.3. The molecule has 0 saturated carbocycles. The first kappa shape index (κ1) is 11.4. The first-order chi connectivity index (χ1) is 6.75. The van der Waals surface area contributed by atoms with Crippen LogP contribution in [0.4, 0.5) is 27.8 Å². The van der Waals surface area contributed by atoms with Gasteiger partial charge in [-0.1, -0.05) is 5.16 Å². The molecule has 0 unspecified atom stereocenters. The Bertz CT molecular complexity index is 345. The summed E-state index contributed by atoms with van der Waals surface area (Å²) in [7, 11) is 0. The fraction of sp³-hybridized carbons (Fsp3) is 0.333. The molecule has 15 heavy (non-hydrogen) atoms. The number of halogens is 5. The number of nitrogens with zero attached hydrogens (tertiary/aromatic N) is 1. The Hall–Kier alpha value is -1.67. The van der Waals surface area contributed by atoms with Crippen LogP contribution in [0.3, 0.4) is 0 Å². The van der Waals surface area contributed by atoms with Gasteiger partial charge in [-0.25, -0.2) is 0 Å². The van der Waals surface area contributed by atoms with Crippen LogP contribution in [-0.4, -0.2) is 23.2 Å². The quantitative estimate of drug-likeness (QED) is 0.788. The lowest BCUT2D eigenvalue weighted by molar-refractivity contribution is -0.267. The van der Waals surface area contributed by atoms with Crippen LogP contribution in [0, 0.1) is 0 Å². The van der Waals surface area contributed by atoms with Crippen LogP contribution < -0.4 is 5.32 Å². The molecule has 1 N–H and O–H groups in total. The van der Waals surface area contributed by atoms with Gasteiger partial charge in [-0.05, 0) is 0 Å². The minimum Gasteiger partial charge on any atom is -0.363 e. The maximum Gasteiger partial charge on any atom is 0.463 e. The number of carbonyl (C=O) groups excluding carboxylic acids is 1. The lowest BCUT2D eigenvalue weighted by Gasteiger charge is -2.17. The molecular weight excluding hydrogens is 227 g/mol. The van der Waals surface area contributed by atoms with Crippen LogP contribution in [0.25, 0.3) is 0 Å². The minimum atomic E-state index is -5.94. The van der Waals surface area contributed by atoms with Gasteiger partial charge in [0.2, 0.25) is 0 Å². The normalized spacial score (nSPS) is 12.6. The molecule has 4 nitrogen and oxygen atoms in total. The molecule has 0 aliphatic carbocycles. The molecule has 84 valence electrons. The van der Waals surface area contributed by atoms with Crippen molar-refractivity contribution >= 4 is 11.7 Å². The molecule has 0 aliphatic rings. The Balaban J connectivity index is 2.77. The molecule has 0 saturated heterocycles. The zero-order valence-electron chi connectivity index (χ0n) is 6.81. The van der Waals surface area contributed by atoms with Crippen molar-refractivity contribution in [3.63, 3.8) is 0 Å². The average molecular weight is 230 g/mol. The molecule has 1 heterocycles. The van der Waals surface area contributed by atoms with Crippen molar-refractivity contribution in [2.75, 3.05) is 5.32 Å². The molecule has 0 spiro atoms. The highest BCUT2D eigenvalue weighted by Gasteiger charge is 2.63. The molecule has 1 aromatic rings. The maximum atomic E-state index is 12.3. The van der Waals surface area contributed by atoms with Crippen molar-refractivity contribution in [3.05, 3.63) is 12.3 Å². The second-order valence-electron chi connectivity index (χ2n) is 2.41. The Morgan fingerprint density at radius 2 is 1.93 bits per heavy atom. The number of alkyl halides is 5. The van der Waals surface area contributed by atoms with E-state index in [0.29, 0.717) is 0 Å². The van der Waals surface area contributed by atoms with Gasteiger partial charge < -0.3 is 9.84 Å². The standard InChI is InChI=1S/C6H3F5N2O2/c7-5(8,6(9,10)11)4(14)12-3-1-2-15-13-3/h1-2H,(H,12,13,14). The van der Waals surface area contributed by atoms with Crippen LogP contribution in [0.1, 0.15) is 0 Å². The van der Waals surface area contributed by atoms with Gasteiger partial charge in [0.25, 0.3) is 0 Å². The highest BCUT2D eigenvalue weighted by molar-refractivity contribution is 5.95. The molecule has 1 amide bonds. The largest absolute Gasteiger partial charge is 0.463 e. The molecular formula is C6H3F5N2O2. The zero-order chi connectivity index (χ0) is 11.7. The molecule has 0 atom stereocenters. The summed E-state index contributed by atoms with van der Waals surface area (Å²) in [6.07, 6.45) is -5.04. The highest BCUT2D eigenvalue weighted by atomic mass is 19.4. The van der Waals surface area contributed by atoms with Crippen LogP contribution in [0.2, 0.25) is 0 Å². The van der Waals surface area contributed by atoms with Crippen molar-refractivity contribution in [2.45, 2.75) is 12.1 Å². The van der Waals surface area contributed by atoms with Crippen molar-refractivity contribution in [3.8, 4) is 0 Å². The second kappa shape index (κ2) is 3.48.